The Kier molecular flexibility index (Phi) is 4.55. The number of hydrogen-bond acceptors (Lipinski definition) is 6. The van der Waals surface area contributed by atoms with Crippen molar-refractivity contribution in [2.45, 2.75) is 13.8 Å². The van der Waals surface area contributed by atoms with E-state index in [-0.39, 0.29) is 10.0 Å². The molecule has 2 aromatic heterocycles. The van der Waals surface area contributed by atoms with Crippen molar-refractivity contribution in [3.8, 4) is 5.69 Å². The molecule has 3 aromatic rings. The average Bonchev–Trinajstić information content (AvgIpc) is 3.09. The van der Waals surface area contributed by atoms with Crippen LogP contribution >= 0.6 is 22.9 Å². The Morgan fingerprint density at radius 2 is 2.00 bits per heavy atom. The highest BCUT2D eigenvalue weighted by Crippen LogP contribution is 2.32. The number of ether oxygens (including phenoxy) is 1. The molecule has 24 heavy (non-hydrogen) atoms. The van der Waals surface area contributed by atoms with Gasteiger partial charge in [0.1, 0.15) is 0 Å². The molecule has 0 aliphatic heterocycles. The first-order chi connectivity index (χ1) is 11.5. The SMILES string of the molecule is COC(=O)c1sc(Nc2c(C)nn(-c3ccccc3)c2C)nc1Cl. The van der Waals surface area contributed by atoms with Gasteiger partial charge in [0.15, 0.2) is 15.2 Å². The van der Waals surface area contributed by atoms with Crippen LogP contribution in [-0.4, -0.2) is 27.8 Å². The van der Waals surface area contributed by atoms with Gasteiger partial charge in [-0.05, 0) is 26.0 Å². The predicted octanol–water partition coefficient (Wildman–Crippen LogP) is 4.13. The van der Waals surface area contributed by atoms with E-state index in [1.165, 1.54) is 7.11 Å². The van der Waals surface area contributed by atoms with Gasteiger partial charge in [-0.3, -0.25) is 0 Å². The van der Waals surface area contributed by atoms with Gasteiger partial charge < -0.3 is 10.1 Å². The largest absolute Gasteiger partial charge is 0.465 e. The van der Waals surface area contributed by atoms with Gasteiger partial charge in [-0.2, -0.15) is 5.10 Å². The Labute approximate surface area is 148 Å². The Morgan fingerprint density at radius 1 is 1.29 bits per heavy atom. The number of esters is 1. The first-order valence-corrected chi connectivity index (χ1v) is 8.34. The highest BCUT2D eigenvalue weighted by atomic mass is 35.5. The van der Waals surface area contributed by atoms with E-state index < -0.39 is 5.97 Å². The Morgan fingerprint density at radius 3 is 2.67 bits per heavy atom. The minimum absolute atomic E-state index is 0.125. The zero-order valence-corrected chi connectivity index (χ0v) is 14.9. The first-order valence-electron chi connectivity index (χ1n) is 7.14. The summed E-state index contributed by atoms with van der Waals surface area (Å²) < 4.78 is 6.55. The summed E-state index contributed by atoms with van der Waals surface area (Å²) in [5.74, 6) is -0.501. The molecular formula is C16H15ClN4O2S. The lowest BCUT2D eigenvalue weighted by atomic mass is 10.3. The summed E-state index contributed by atoms with van der Waals surface area (Å²) in [4.78, 5) is 16.1. The van der Waals surface area contributed by atoms with E-state index >= 15 is 0 Å². The third kappa shape index (κ3) is 3.00. The highest BCUT2D eigenvalue weighted by molar-refractivity contribution is 7.18. The second kappa shape index (κ2) is 6.62. The number of para-hydroxylation sites is 1. The molecule has 0 spiro atoms. The molecule has 6 nitrogen and oxygen atoms in total. The van der Waals surface area contributed by atoms with Crippen LogP contribution in [0, 0.1) is 13.8 Å². The number of thiazole rings is 1. The average molecular weight is 363 g/mol. The number of anilines is 2. The molecule has 0 atom stereocenters. The number of rotatable bonds is 4. The van der Waals surface area contributed by atoms with Gasteiger partial charge >= 0.3 is 5.97 Å². The molecule has 0 fully saturated rings. The van der Waals surface area contributed by atoms with Gasteiger partial charge in [-0.1, -0.05) is 41.1 Å². The monoisotopic (exact) mass is 362 g/mol. The normalized spacial score (nSPS) is 10.7. The van der Waals surface area contributed by atoms with Crippen molar-refractivity contribution in [2.75, 3.05) is 12.4 Å². The van der Waals surface area contributed by atoms with Crippen LogP contribution in [0.5, 0.6) is 0 Å². The van der Waals surface area contributed by atoms with Crippen molar-refractivity contribution < 1.29 is 9.53 Å². The quantitative estimate of drug-likeness (QED) is 0.707. The maximum Gasteiger partial charge on any atom is 0.351 e. The standard InChI is InChI=1S/C16H15ClN4O2S/c1-9-12(10(2)21(20-9)11-7-5-4-6-8-11)18-16-19-14(17)13(24-16)15(22)23-3/h4-8H,1-3H3,(H,18,19). The van der Waals surface area contributed by atoms with Gasteiger partial charge in [-0.15, -0.1) is 0 Å². The number of benzene rings is 1. The van der Waals surface area contributed by atoms with Crippen LogP contribution in [0.15, 0.2) is 30.3 Å². The number of nitrogens with one attached hydrogen (secondary N) is 1. The third-order valence-electron chi connectivity index (χ3n) is 3.48. The summed E-state index contributed by atoms with van der Waals surface area (Å²) >= 11 is 7.15. The molecule has 1 aromatic carbocycles. The van der Waals surface area contributed by atoms with Crippen LogP contribution in [0.2, 0.25) is 5.15 Å². The number of carbonyl (C=O) groups excluding carboxylic acids is 1. The van der Waals surface area contributed by atoms with Crippen molar-refractivity contribution in [1.82, 2.24) is 14.8 Å². The first kappa shape index (κ1) is 16.5. The summed E-state index contributed by atoms with van der Waals surface area (Å²) in [5, 5.41) is 8.40. The van der Waals surface area contributed by atoms with E-state index in [1.54, 1.807) is 0 Å². The van der Waals surface area contributed by atoms with E-state index in [2.05, 4.69) is 15.4 Å². The fraction of sp³-hybridized carbons (Fsp3) is 0.188. The molecule has 124 valence electrons. The maximum atomic E-state index is 11.6. The highest BCUT2D eigenvalue weighted by Gasteiger charge is 2.19. The summed E-state index contributed by atoms with van der Waals surface area (Å²) in [6.07, 6.45) is 0. The minimum Gasteiger partial charge on any atom is -0.465 e. The Bertz CT molecular complexity index is 889. The summed E-state index contributed by atoms with van der Waals surface area (Å²) in [5.41, 5.74) is 3.56. The van der Waals surface area contributed by atoms with E-state index in [1.807, 2.05) is 48.9 Å². The molecule has 0 unspecified atom stereocenters. The predicted molar refractivity (Wildman–Crippen MR) is 94.8 cm³/mol. The van der Waals surface area contributed by atoms with Crippen LogP contribution in [-0.2, 0) is 4.74 Å². The molecule has 8 heteroatoms. The molecule has 2 heterocycles. The van der Waals surface area contributed by atoms with E-state index in [4.69, 9.17) is 16.3 Å². The van der Waals surface area contributed by atoms with Crippen molar-refractivity contribution in [1.29, 1.82) is 0 Å². The lowest BCUT2D eigenvalue weighted by Gasteiger charge is -2.05. The fourth-order valence-electron chi connectivity index (χ4n) is 2.32. The molecule has 1 N–H and O–H groups in total. The molecule has 0 saturated heterocycles. The van der Waals surface area contributed by atoms with Crippen LogP contribution in [0.4, 0.5) is 10.8 Å². The number of methoxy groups -OCH3 is 1. The molecule has 3 rings (SSSR count). The lowest BCUT2D eigenvalue weighted by molar-refractivity contribution is 0.0606. The second-order valence-electron chi connectivity index (χ2n) is 5.05. The summed E-state index contributed by atoms with van der Waals surface area (Å²) in [6, 6.07) is 9.85. The number of hydrogen-bond donors (Lipinski definition) is 1. The van der Waals surface area contributed by atoms with Crippen molar-refractivity contribution in [2.24, 2.45) is 0 Å². The van der Waals surface area contributed by atoms with Crippen LogP contribution in [0.1, 0.15) is 21.1 Å². The van der Waals surface area contributed by atoms with Crippen LogP contribution in [0.3, 0.4) is 0 Å². The summed E-state index contributed by atoms with van der Waals surface area (Å²) in [7, 11) is 1.31. The molecule has 0 saturated carbocycles. The third-order valence-corrected chi connectivity index (χ3v) is 4.82. The number of aromatic nitrogens is 3. The molecule has 0 bridgehead atoms. The van der Waals surface area contributed by atoms with E-state index in [0.717, 1.165) is 34.1 Å². The zero-order valence-electron chi connectivity index (χ0n) is 13.3. The topological polar surface area (TPSA) is 69.0 Å². The summed E-state index contributed by atoms with van der Waals surface area (Å²) in [6.45, 7) is 3.87. The van der Waals surface area contributed by atoms with Crippen molar-refractivity contribution >= 4 is 39.7 Å². The molecule has 0 aliphatic rings. The van der Waals surface area contributed by atoms with Crippen LogP contribution < -0.4 is 5.32 Å². The van der Waals surface area contributed by atoms with Gasteiger partial charge in [-0.25, -0.2) is 14.5 Å². The van der Waals surface area contributed by atoms with Gasteiger partial charge in [0, 0.05) is 0 Å². The van der Waals surface area contributed by atoms with Crippen molar-refractivity contribution in [3.63, 3.8) is 0 Å². The molecule has 0 aliphatic carbocycles. The number of aryl methyl sites for hydroxylation is 1. The number of carbonyl (C=O) groups is 1. The Balaban J connectivity index is 1.94. The van der Waals surface area contributed by atoms with Gasteiger partial charge in [0.2, 0.25) is 0 Å². The van der Waals surface area contributed by atoms with Crippen LogP contribution in [0.25, 0.3) is 5.69 Å². The second-order valence-corrected chi connectivity index (χ2v) is 6.41. The smallest absolute Gasteiger partial charge is 0.351 e. The molecular weight excluding hydrogens is 348 g/mol. The van der Waals surface area contributed by atoms with Gasteiger partial charge in [0.05, 0.1) is 29.9 Å². The molecule has 0 amide bonds. The van der Waals surface area contributed by atoms with E-state index in [9.17, 15) is 4.79 Å². The zero-order chi connectivity index (χ0) is 17.3. The van der Waals surface area contributed by atoms with E-state index in [0.29, 0.717) is 5.13 Å². The van der Waals surface area contributed by atoms with Crippen molar-refractivity contribution in [3.05, 3.63) is 51.7 Å². The lowest BCUT2D eigenvalue weighted by Crippen LogP contribution is -1.99. The maximum absolute atomic E-state index is 11.6. The number of halogens is 1. The molecule has 0 radical (unpaired) electrons. The fourth-order valence-corrected chi connectivity index (χ4v) is 3.43. The van der Waals surface area contributed by atoms with Gasteiger partial charge in [0.25, 0.3) is 0 Å². The minimum atomic E-state index is -0.501. The Hall–Kier alpha value is -2.38. The number of nitrogens with zero attached hydrogens (tertiary/aromatic N) is 3.